The molecule has 2 aliphatic rings. The Morgan fingerprint density at radius 2 is 1.86 bits per heavy atom. The van der Waals surface area contributed by atoms with E-state index in [1.807, 2.05) is 0 Å². The van der Waals surface area contributed by atoms with Gasteiger partial charge in [-0.05, 0) is 50.4 Å². The van der Waals surface area contributed by atoms with Crippen LogP contribution in [0.3, 0.4) is 0 Å². The second-order valence-corrected chi connectivity index (χ2v) is 6.99. The Morgan fingerprint density at radius 3 is 2.52 bits per heavy atom. The smallest absolute Gasteiger partial charge is 0.229 e. The molecule has 1 aromatic rings. The van der Waals surface area contributed by atoms with Gasteiger partial charge in [0.2, 0.25) is 5.89 Å². The van der Waals surface area contributed by atoms with E-state index in [1.54, 1.807) is 0 Å². The highest BCUT2D eigenvalue weighted by Gasteiger charge is 2.27. The van der Waals surface area contributed by atoms with Gasteiger partial charge in [0.15, 0.2) is 5.82 Å². The van der Waals surface area contributed by atoms with E-state index in [0.717, 1.165) is 24.6 Å². The van der Waals surface area contributed by atoms with E-state index in [0.29, 0.717) is 24.1 Å². The summed E-state index contributed by atoms with van der Waals surface area (Å²) in [6.45, 7) is 2.28. The Kier molecular flexibility index (Phi) is 4.94. The van der Waals surface area contributed by atoms with Crippen LogP contribution in [-0.4, -0.2) is 21.4 Å². The Hall–Kier alpha value is -0.900. The predicted octanol–water partition coefficient (Wildman–Crippen LogP) is 3.85. The molecule has 0 aliphatic heterocycles. The lowest BCUT2D eigenvalue weighted by Crippen LogP contribution is -2.20. The molecule has 0 saturated heterocycles. The SMILES string of the molecule is CCC1CCC(c2noc(CC(O)C3CCCC3)n2)CC1. The minimum atomic E-state index is -0.309. The second-order valence-electron chi connectivity index (χ2n) is 6.99. The van der Waals surface area contributed by atoms with Gasteiger partial charge in [0.1, 0.15) is 0 Å². The van der Waals surface area contributed by atoms with Crippen LogP contribution in [0.15, 0.2) is 4.52 Å². The molecule has 0 aromatic carbocycles. The van der Waals surface area contributed by atoms with E-state index < -0.39 is 0 Å². The van der Waals surface area contributed by atoms with Crippen LogP contribution in [0.1, 0.15) is 82.3 Å². The van der Waals surface area contributed by atoms with Crippen molar-refractivity contribution in [3.8, 4) is 0 Å². The highest BCUT2D eigenvalue weighted by molar-refractivity contribution is 4.98. The number of hydrogen-bond donors (Lipinski definition) is 1. The van der Waals surface area contributed by atoms with E-state index in [-0.39, 0.29) is 6.10 Å². The summed E-state index contributed by atoms with van der Waals surface area (Å²) >= 11 is 0. The van der Waals surface area contributed by atoms with Crippen molar-refractivity contribution in [2.75, 3.05) is 0 Å². The maximum absolute atomic E-state index is 10.3. The fourth-order valence-electron chi connectivity index (χ4n) is 4.03. The topological polar surface area (TPSA) is 59.2 Å². The number of hydrogen-bond acceptors (Lipinski definition) is 4. The fraction of sp³-hybridized carbons (Fsp3) is 0.882. The first-order valence-corrected chi connectivity index (χ1v) is 8.76. The lowest BCUT2D eigenvalue weighted by Gasteiger charge is -2.25. The number of rotatable bonds is 5. The van der Waals surface area contributed by atoms with Gasteiger partial charge in [0.25, 0.3) is 0 Å². The molecule has 2 saturated carbocycles. The van der Waals surface area contributed by atoms with Crippen molar-refractivity contribution in [3.05, 3.63) is 11.7 Å². The second kappa shape index (κ2) is 6.91. The van der Waals surface area contributed by atoms with Crippen LogP contribution in [-0.2, 0) is 6.42 Å². The van der Waals surface area contributed by atoms with Gasteiger partial charge in [-0.25, -0.2) is 0 Å². The molecule has 0 spiro atoms. The quantitative estimate of drug-likeness (QED) is 0.895. The molecule has 1 N–H and O–H groups in total. The predicted molar refractivity (Wildman–Crippen MR) is 81.0 cm³/mol. The molecule has 1 heterocycles. The average Bonchev–Trinajstić information content (AvgIpc) is 3.19. The van der Waals surface area contributed by atoms with Crippen molar-refractivity contribution in [2.24, 2.45) is 11.8 Å². The first-order chi connectivity index (χ1) is 10.3. The van der Waals surface area contributed by atoms with E-state index in [9.17, 15) is 5.11 Å². The van der Waals surface area contributed by atoms with Crippen LogP contribution in [0.2, 0.25) is 0 Å². The molecular weight excluding hydrogens is 264 g/mol. The van der Waals surface area contributed by atoms with Gasteiger partial charge in [0, 0.05) is 5.92 Å². The van der Waals surface area contributed by atoms with Crippen molar-refractivity contribution < 1.29 is 9.63 Å². The van der Waals surface area contributed by atoms with E-state index >= 15 is 0 Å². The summed E-state index contributed by atoms with van der Waals surface area (Å²) in [6.07, 6.45) is 11.2. The average molecular weight is 292 g/mol. The first kappa shape index (κ1) is 15.0. The maximum Gasteiger partial charge on any atom is 0.229 e. The lowest BCUT2D eigenvalue weighted by atomic mass is 9.80. The van der Waals surface area contributed by atoms with Crippen molar-refractivity contribution in [1.29, 1.82) is 0 Å². The van der Waals surface area contributed by atoms with Crippen LogP contribution >= 0.6 is 0 Å². The molecule has 3 rings (SSSR count). The molecule has 4 heteroatoms. The molecule has 1 unspecified atom stereocenters. The Bertz CT molecular complexity index is 432. The van der Waals surface area contributed by atoms with Gasteiger partial charge in [-0.2, -0.15) is 4.98 Å². The Balaban J connectivity index is 1.53. The van der Waals surface area contributed by atoms with Crippen LogP contribution in [0, 0.1) is 11.8 Å². The van der Waals surface area contributed by atoms with Crippen LogP contribution in [0.25, 0.3) is 0 Å². The fourth-order valence-corrected chi connectivity index (χ4v) is 4.03. The minimum absolute atomic E-state index is 0.309. The van der Waals surface area contributed by atoms with Crippen LogP contribution < -0.4 is 0 Å². The van der Waals surface area contributed by atoms with Gasteiger partial charge in [-0.3, -0.25) is 0 Å². The molecule has 0 radical (unpaired) electrons. The van der Waals surface area contributed by atoms with Crippen LogP contribution in [0.4, 0.5) is 0 Å². The lowest BCUT2D eigenvalue weighted by molar-refractivity contribution is 0.102. The monoisotopic (exact) mass is 292 g/mol. The summed E-state index contributed by atoms with van der Waals surface area (Å²) in [6, 6.07) is 0. The zero-order valence-corrected chi connectivity index (χ0v) is 13.1. The molecule has 0 amide bonds. The van der Waals surface area contributed by atoms with Gasteiger partial charge in [-0.1, -0.05) is 31.3 Å². The summed E-state index contributed by atoms with van der Waals surface area (Å²) in [5.41, 5.74) is 0. The molecule has 118 valence electrons. The Morgan fingerprint density at radius 1 is 1.14 bits per heavy atom. The third-order valence-corrected chi connectivity index (χ3v) is 5.60. The molecule has 1 aromatic heterocycles. The van der Waals surface area contributed by atoms with Gasteiger partial charge >= 0.3 is 0 Å². The summed E-state index contributed by atoms with van der Waals surface area (Å²) in [7, 11) is 0. The molecule has 4 nitrogen and oxygen atoms in total. The third-order valence-electron chi connectivity index (χ3n) is 5.60. The minimum Gasteiger partial charge on any atom is -0.392 e. The molecular formula is C17H28N2O2. The number of aromatic nitrogens is 2. The number of aliphatic hydroxyl groups is 1. The van der Waals surface area contributed by atoms with Crippen molar-refractivity contribution in [1.82, 2.24) is 10.1 Å². The van der Waals surface area contributed by atoms with Gasteiger partial charge < -0.3 is 9.63 Å². The molecule has 2 aliphatic carbocycles. The number of nitrogens with zero attached hydrogens (tertiary/aromatic N) is 2. The van der Waals surface area contributed by atoms with E-state index in [1.165, 1.54) is 44.9 Å². The third kappa shape index (κ3) is 3.65. The normalized spacial score (nSPS) is 28.9. The van der Waals surface area contributed by atoms with E-state index in [4.69, 9.17) is 4.52 Å². The zero-order valence-electron chi connectivity index (χ0n) is 13.1. The molecule has 21 heavy (non-hydrogen) atoms. The highest BCUT2D eigenvalue weighted by Crippen LogP contribution is 2.36. The molecule has 0 bridgehead atoms. The summed E-state index contributed by atoms with van der Waals surface area (Å²) < 4.78 is 5.38. The van der Waals surface area contributed by atoms with Gasteiger partial charge in [0.05, 0.1) is 12.5 Å². The standard InChI is InChI=1S/C17H28N2O2/c1-2-12-7-9-14(10-8-12)17-18-16(21-19-17)11-15(20)13-5-3-4-6-13/h12-15,20H,2-11H2,1H3. The summed E-state index contributed by atoms with van der Waals surface area (Å²) in [5, 5.41) is 14.4. The highest BCUT2D eigenvalue weighted by atomic mass is 16.5. The largest absolute Gasteiger partial charge is 0.392 e. The van der Waals surface area contributed by atoms with Gasteiger partial charge in [-0.15, -0.1) is 0 Å². The summed E-state index contributed by atoms with van der Waals surface area (Å²) in [5.74, 6) is 3.28. The first-order valence-electron chi connectivity index (χ1n) is 8.76. The van der Waals surface area contributed by atoms with Crippen molar-refractivity contribution in [2.45, 2.75) is 83.2 Å². The maximum atomic E-state index is 10.3. The zero-order chi connectivity index (χ0) is 14.7. The van der Waals surface area contributed by atoms with Crippen molar-refractivity contribution >= 4 is 0 Å². The van der Waals surface area contributed by atoms with E-state index in [2.05, 4.69) is 17.1 Å². The molecule has 2 fully saturated rings. The molecule has 1 atom stereocenters. The van der Waals surface area contributed by atoms with Crippen LogP contribution in [0.5, 0.6) is 0 Å². The number of aliphatic hydroxyl groups excluding tert-OH is 1. The summed E-state index contributed by atoms with van der Waals surface area (Å²) in [4.78, 5) is 4.56. The van der Waals surface area contributed by atoms with Crippen molar-refractivity contribution in [3.63, 3.8) is 0 Å². The Labute approximate surface area is 127 Å².